The van der Waals surface area contributed by atoms with Gasteiger partial charge in [-0.2, -0.15) is 0 Å². The molecule has 0 aliphatic carbocycles. The first kappa shape index (κ1) is 24.8. The minimum Gasteiger partial charge on any atom is -0.451 e. The van der Waals surface area contributed by atoms with Gasteiger partial charge in [0.05, 0.1) is 13.0 Å². The van der Waals surface area contributed by atoms with Gasteiger partial charge in [-0.05, 0) is 27.7 Å². The van der Waals surface area contributed by atoms with Crippen LogP contribution in [0.5, 0.6) is 0 Å². The van der Waals surface area contributed by atoms with E-state index >= 15 is 0 Å². The van der Waals surface area contributed by atoms with Gasteiger partial charge in [0.1, 0.15) is 11.4 Å². The van der Waals surface area contributed by atoms with Crippen molar-refractivity contribution < 1.29 is 24.2 Å². The van der Waals surface area contributed by atoms with Crippen molar-refractivity contribution in [1.82, 2.24) is 10.2 Å². The number of nitrogens with one attached hydrogen (secondary N) is 1. The minimum atomic E-state index is -1.07. The maximum Gasteiger partial charge on any atom is 0.334 e. The molecule has 7 nitrogen and oxygen atoms in total. The van der Waals surface area contributed by atoms with Gasteiger partial charge >= 0.3 is 5.97 Å². The van der Waals surface area contributed by atoms with E-state index in [0.717, 1.165) is 16.7 Å². The predicted molar refractivity (Wildman–Crippen MR) is 140 cm³/mol. The fourth-order valence-corrected chi connectivity index (χ4v) is 5.81. The van der Waals surface area contributed by atoms with Gasteiger partial charge in [0, 0.05) is 0 Å². The van der Waals surface area contributed by atoms with Crippen LogP contribution in [0.4, 0.5) is 0 Å². The van der Waals surface area contributed by atoms with Crippen molar-refractivity contribution in [3.05, 3.63) is 119 Å². The molecule has 1 saturated heterocycles. The number of amides is 2. The molecule has 3 atom stereocenters. The summed E-state index contributed by atoms with van der Waals surface area (Å²) in [6, 6.07) is 26.2. The third-order valence-electron chi connectivity index (χ3n) is 6.44. The van der Waals surface area contributed by atoms with E-state index in [1.54, 1.807) is 5.41 Å². The Balaban J connectivity index is 1.34. The Kier molecular flexibility index (Phi) is 7.39. The number of nitrogens with zero attached hydrogens (tertiary/aromatic N) is 1. The van der Waals surface area contributed by atoms with Crippen molar-refractivity contribution in [2.75, 3.05) is 6.61 Å². The number of aliphatic hydroxyl groups excluding tert-OH is 1. The Morgan fingerprint density at radius 3 is 2.05 bits per heavy atom. The molecule has 0 unspecified atom stereocenters. The molecule has 0 bridgehead atoms. The lowest BCUT2D eigenvalue weighted by Crippen LogP contribution is -2.74. The second kappa shape index (κ2) is 11.0. The molecular weight excluding hydrogens is 488 g/mol. The average Bonchev–Trinajstić information content (AvgIpc) is 2.95. The maximum absolute atomic E-state index is 13.6. The third kappa shape index (κ3) is 5.16. The lowest BCUT2D eigenvalue weighted by atomic mass is 9.97. The van der Waals surface area contributed by atoms with Gasteiger partial charge in [0.15, 0.2) is 12.1 Å². The molecule has 2 N–H and O–H groups in total. The van der Waals surface area contributed by atoms with Crippen LogP contribution in [-0.4, -0.2) is 51.9 Å². The quantitative estimate of drug-likeness (QED) is 0.354. The van der Waals surface area contributed by atoms with Crippen LogP contribution >= 0.6 is 11.8 Å². The van der Waals surface area contributed by atoms with E-state index < -0.39 is 36.1 Å². The van der Waals surface area contributed by atoms with Crippen molar-refractivity contribution in [1.29, 1.82) is 0 Å². The Bertz CT molecular complexity index is 1260. The van der Waals surface area contributed by atoms with Gasteiger partial charge < -0.3 is 20.1 Å². The summed E-state index contributed by atoms with van der Waals surface area (Å²) in [5, 5.41) is 14.0. The van der Waals surface area contributed by atoms with Gasteiger partial charge in [-0.25, -0.2) is 4.79 Å². The SMILES string of the molecule is O=C(Cc1ccccc1)N[C@@H]1C(=O)N2[C@@H](C(=O)OC(c3ccccc3)c3ccccc3)C(CO)=CS[C@@H]12. The first-order valence-corrected chi connectivity index (χ1v) is 12.9. The van der Waals surface area contributed by atoms with E-state index in [0.29, 0.717) is 5.57 Å². The Morgan fingerprint density at radius 1 is 0.919 bits per heavy atom. The van der Waals surface area contributed by atoms with Crippen LogP contribution in [0.3, 0.4) is 0 Å². The monoisotopic (exact) mass is 514 g/mol. The number of aliphatic hydroxyl groups is 1. The zero-order valence-electron chi connectivity index (χ0n) is 19.9. The first-order valence-electron chi connectivity index (χ1n) is 12.0. The minimum absolute atomic E-state index is 0.154. The number of rotatable bonds is 8. The van der Waals surface area contributed by atoms with Crippen LogP contribution < -0.4 is 5.32 Å². The molecule has 3 aromatic rings. The van der Waals surface area contributed by atoms with Gasteiger partial charge in [-0.3, -0.25) is 9.59 Å². The first-order chi connectivity index (χ1) is 18.1. The van der Waals surface area contributed by atoms with E-state index in [1.807, 2.05) is 91.0 Å². The summed E-state index contributed by atoms with van der Waals surface area (Å²) in [6.07, 6.45) is -0.526. The van der Waals surface area contributed by atoms with Crippen molar-refractivity contribution in [3.8, 4) is 0 Å². The van der Waals surface area contributed by atoms with Crippen LogP contribution in [0.1, 0.15) is 22.8 Å². The highest BCUT2D eigenvalue weighted by molar-refractivity contribution is 8.02. The molecule has 2 amide bonds. The van der Waals surface area contributed by atoms with Crippen molar-refractivity contribution in [3.63, 3.8) is 0 Å². The van der Waals surface area contributed by atoms with Crippen molar-refractivity contribution >= 4 is 29.5 Å². The molecule has 8 heteroatoms. The van der Waals surface area contributed by atoms with Crippen molar-refractivity contribution in [2.45, 2.75) is 30.0 Å². The Morgan fingerprint density at radius 2 is 1.49 bits per heavy atom. The average molecular weight is 515 g/mol. The van der Waals surface area contributed by atoms with E-state index in [2.05, 4.69) is 5.32 Å². The lowest BCUT2D eigenvalue weighted by Gasteiger charge is -2.51. The number of β-lactam (4-membered cyclic amide) rings is 1. The zero-order valence-corrected chi connectivity index (χ0v) is 20.7. The summed E-state index contributed by atoms with van der Waals surface area (Å²) in [7, 11) is 0. The summed E-state index contributed by atoms with van der Waals surface area (Å²) in [6.45, 7) is -0.393. The van der Waals surface area contributed by atoms with Gasteiger partial charge in [0.25, 0.3) is 0 Å². The predicted octanol–water partition coefficient (Wildman–Crippen LogP) is 3.21. The molecule has 0 aromatic heterocycles. The molecule has 37 heavy (non-hydrogen) atoms. The number of fused-ring (bicyclic) bond motifs is 1. The van der Waals surface area contributed by atoms with E-state index in [4.69, 9.17) is 4.74 Å². The summed E-state index contributed by atoms with van der Waals surface area (Å²) >= 11 is 1.30. The fourth-order valence-electron chi connectivity index (χ4n) is 4.60. The molecule has 2 aliphatic rings. The summed E-state index contributed by atoms with van der Waals surface area (Å²) in [5.74, 6) is -1.28. The van der Waals surface area contributed by atoms with E-state index in [9.17, 15) is 19.5 Å². The maximum atomic E-state index is 13.6. The fraction of sp³-hybridized carbons (Fsp3) is 0.207. The smallest absolute Gasteiger partial charge is 0.334 e. The zero-order chi connectivity index (χ0) is 25.8. The number of carbonyl (C=O) groups excluding carboxylic acids is 3. The van der Waals surface area contributed by atoms with E-state index in [1.165, 1.54) is 16.7 Å². The third-order valence-corrected chi connectivity index (χ3v) is 7.65. The Labute approximate surface area is 219 Å². The number of thioether (sulfide) groups is 1. The summed E-state index contributed by atoms with van der Waals surface area (Å²) < 4.78 is 6.01. The van der Waals surface area contributed by atoms with Gasteiger partial charge in [-0.15, -0.1) is 11.8 Å². The largest absolute Gasteiger partial charge is 0.451 e. The van der Waals surface area contributed by atoms with Gasteiger partial charge in [-0.1, -0.05) is 91.0 Å². The second-order valence-electron chi connectivity index (χ2n) is 8.87. The van der Waals surface area contributed by atoms with Crippen LogP contribution in [0, 0.1) is 0 Å². The van der Waals surface area contributed by atoms with Crippen LogP contribution in [0.2, 0.25) is 0 Å². The molecule has 1 fully saturated rings. The van der Waals surface area contributed by atoms with Crippen LogP contribution in [0.15, 0.2) is 102 Å². The number of hydrogen-bond acceptors (Lipinski definition) is 6. The summed E-state index contributed by atoms with van der Waals surface area (Å²) in [5.41, 5.74) is 2.81. The van der Waals surface area contributed by atoms with E-state index in [-0.39, 0.29) is 18.2 Å². The molecule has 2 aliphatic heterocycles. The second-order valence-corrected chi connectivity index (χ2v) is 9.86. The molecule has 5 rings (SSSR count). The highest BCUT2D eigenvalue weighted by Crippen LogP contribution is 2.41. The molecular formula is C29H26N2O5S. The summed E-state index contributed by atoms with van der Waals surface area (Å²) in [4.78, 5) is 40.7. The van der Waals surface area contributed by atoms with Crippen LogP contribution in [-0.2, 0) is 25.5 Å². The molecule has 0 saturated carbocycles. The topological polar surface area (TPSA) is 95.9 Å². The number of ether oxygens (including phenoxy) is 1. The van der Waals surface area contributed by atoms with Crippen molar-refractivity contribution in [2.24, 2.45) is 0 Å². The molecule has 188 valence electrons. The molecule has 0 spiro atoms. The number of hydrogen-bond donors (Lipinski definition) is 2. The Hall–Kier alpha value is -3.88. The molecule has 0 radical (unpaired) electrons. The number of esters is 1. The van der Waals surface area contributed by atoms with Gasteiger partial charge in [0.2, 0.25) is 11.8 Å². The molecule has 2 heterocycles. The molecule has 3 aromatic carbocycles. The number of carbonyl (C=O) groups is 3. The highest BCUT2D eigenvalue weighted by atomic mass is 32.2. The number of benzene rings is 3. The highest BCUT2D eigenvalue weighted by Gasteiger charge is 2.56. The van der Waals surface area contributed by atoms with Crippen LogP contribution in [0.25, 0.3) is 0 Å². The standard InChI is InChI=1S/C29H26N2O5S/c32-17-22-18-37-28-24(30-23(33)16-19-10-4-1-5-11-19)27(34)31(28)25(22)29(35)36-26(20-12-6-2-7-13-20)21-14-8-3-9-15-21/h1-15,18,24-26,28,32H,16-17H2,(H,30,33)/t24-,25-,28+/m1/s1. The normalized spacial score (nSPS) is 20.5. The lowest BCUT2D eigenvalue weighted by molar-refractivity contribution is -0.165.